The molecule has 198 valence electrons. The lowest BCUT2D eigenvalue weighted by Crippen LogP contribution is -2.48. The van der Waals surface area contributed by atoms with Gasteiger partial charge < -0.3 is 24.0 Å². The molecule has 3 heterocycles. The zero-order valence-electron chi connectivity index (χ0n) is 20.7. The first kappa shape index (κ1) is 27.2. The van der Waals surface area contributed by atoms with E-state index in [4.69, 9.17) is 21.1 Å². The molecule has 2 aromatic heterocycles. The molecule has 0 saturated heterocycles. The Morgan fingerprint density at radius 3 is 2.59 bits per heavy atom. The molecule has 12 heteroatoms. The van der Waals surface area contributed by atoms with Crippen molar-refractivity contribution in [2.75, 3.05) is 26.4 Å². The van der Waals surface area contributed by atoms with Crippen molar-refractivity contribution >= 4 is 28.8 Å². The summed E-state index contributed by atoms with van der Waals surface area (Å²) in [5, 5.41) is 20.1. The number of rotatable bonds is 10. The number of pyridine rings is 1. The maximum Gasteiger partial charge on any atom is 0.275 e. The lowest BCUT2D eigenvalue weighted by molar-refractivity contribution is 0.00440. The standard InChI is InChI=1S/C25H28ClFN4O5S/c1-14(2)36-9-8-35-13-18-11-30(15(3)26)25(34)21-23(33)22(32)19(12-31(18)21)24-29-28-20(37-24)10-16-4-6-17(27)7-5-16/h4-7,12,14-15,18,33H,8-11,13H2,1-3H3/t15?,18-/m1/s1. The predicted molar refractivity (Wildman–Crippen MR) is 138 cm³/mol. The third kappa shape index (κ3) is 6.18. The molecule has 0 radical (unpaired) electrons. The van der Waals surface area contributed by atoms with Gasteiger partial charge >= 0.3 is 0 Å². The van der Waals surface area contributed by atoms with Crippen LogP contribution in [-0.4, -0.2) is 68.6 Å². The molecule has 0 aliphatic carbocycles. The largest absolute Gasteiger partial charge is 0.503 e. The number of aromatic hydroxyl groups is 1. The van der Waals surface area contributed by atoms with Crippen LogP contribution in [0.3, 0.4) is 0 Å². The highest BCUT2D eigenvalue weighted by Crippen LogP contribution is 2.32. The fraction of sp³-hybridized carbons (Fsp3) is 0.440. The second-order valence-corrected chi connectivity index (χ2v) is 10.7. The number of amides is 1. The van der Waals surface area contributed by atoms with Crippen molar-refractivity contribution in [3.8, 4) is 16.3 Å². The van der Waals surface area contributed by atoms with Crippen molar-refractivity contribution in [3.63, 3.8) is 0 Å². The van der Waals surface area contributed by atoms with Crippen LogP contribution in [0.1, 0.15) is 47.9 Å². The van der Waals surface area contributed by atoms with Crippen molar-refractivity contribution in [1.82, 2.24) is 19.7 Å². The van der Waals surface area contributed by atoms with Crippen LogP contribution in [0.25, 0.3) is 10.6 Å². The maximum atomic E-state index is 13.2. The minimum Gasteiger partial charge on any atom is -0.503 e. The molecule has 1 aromatic carbocycles. The molecular formula is C25H28ClFN4O5S. The number of ether oxygens (including phenoxy) is 2. The van der Waals surface area contributed by atoms with Gasteiger partial charge in [0.1, 0.15) is 16.3 Å². The Morgan fingerprint density at radius 2 is 1.92 bits per heavy atom. The van der Waals surface area contributed by atoms with Crippen LogP contribution >= 0.6 is 22.9 Å². The highest BCUT2D eigenvalue weighted by Gasteiger charge is 2.37. The molecule has 0 saturated carbocycles. The molecule has 1 N–H and O–H groups in total. The van der Waals surface area contributed by atoms with Gasteiger partial charge in [0.05, 0.1) is 37.5 Å². The van der Waals surface area contributed by atoms with Gasteiger partial charge in [0.25, 0.3) is 5.91 Å². The summed E-state index contributed by atoms with van der Waals surface area (Å²) in [4.78, 5) is 27.6. The Kier molecular flexibility index (Phi) is 8.58. The molecular weight excluding hydrogens is 523 g/mol. The summed E-state index contributed by atoms with van der Waals surface area (Å²) in [7, 11) is 0. The fourth-order valence-corrected chi connectivity index (χ4v) is 5.07. The smallest absolute Gasteiger partial charge is 0.275 e. The second-order valence-electron chi connectivity index (χ2n) is 8.96. The van der Waals surface area contributed by atoms with Gasteiger partial charge in [0.15, 0.2) is 16.5 Å². The highest BCUT2D eigenvalue weighted by molar-refractivity contribution is 7.14. The van der Waals surface area contributed by atoms with Crippen LogP contribution in [0, 0.1) is 5.82 Å². The van der Waals surface area contributed by atoms with Crippen LogP contribution in [0.15, 0.2) is 35.3 Å². The van der Waals surface area contributed by atoms with Crippen molar-refractivity contribution in [3.05, 3.63) is 62.8 Å². The summed E-state index contributed by atoms with van der Waals surface area (Å²) in [6.07, 6.45) is 2.01. The number of carbonyl (C=O) groups excluding carboxylic acids is 1. The van der Waals surface area contributed by atoms with Crippen molar-refractivity contribution in [2.45, 2.75) is 44.8 Å². The average molecular weight is 551 g/mol. The lowest BCUT2D eigenvalue weighted by Gasteiger charge is -2.37. The first-order valence-corrected chi connectivity index (χ1v) is 13.1. The van der Waals surface area contributed by atoms with Gasteiger partial charge in [-0.15, -0.1) is 10.2 Å². The Morgan fingerprint density at radius 1 is 1.19 bits per heavy atom. The molecule has 9 nitrogen and oxygen atoms in total. The third-order valence-corrected chi connectivity index (χ3v) is 7.05. The Bertz CT molecular complexity index is 1310. The Labute approximate surface area is 222 Å². The summed E-state index contributed by atoms with van der Waals surface area (Å²) in [5.41, 5.74) is -0.556. The van der Waals surface area contributed by atoms with Crippen molar-refractivity contribution in [1.29, 1.82) is 0 Å². The highest BCUT2D eigenvalue weighted by atomic mass is 35.5. The van der Waals surface area contributed by atoms with E-state index < -0.39 is 28.6 Å². The maximum absolute atomic E-state index is 13.2. The number of hydrogen-bond donors (Lipinski definition) is 1. The predicted octanol–water partition coefficient (Wildman–Crippen LogP) is 3.83. The number of nitrogens with zero attached hydrogens (tertiary/aromatic N) is 4. The normalized spacial score (nSPS) is 16.3. The fourth-order valence-electron chi connectivity index (χ4n) is 4.02. The van der Waals surface area contributed by atoms with Crippen molar-refractivity contribution < 1.29 is 23.8 Å². The van der Waals surface area contributed by atoms with Gasteiger partial charge in [0.2, 0.25) is 5.43 Å². The van der Waals surface area contributed by atoms with Gasteiger partial charge in [-0.3, -0.25) is 9.59 Å². The molecule has 1 aliphatic rings. The van der Waals surface area contributed by atoms with E-state index in [9.17, 15) is 19.1 Å². The van der Waals surface area contributed by atoms with Gasteiger partial charge in [-0.2, -0.15) is 0 Å². The summed E-state index contributed by atoms with van der Waals surface area (Å²) in [6, 6.07) is 5.63. The topological polar surface area (TPSA) is 107 Å². The number of benzene rings is 1. The zero-order valence-corrected chi connectivity index (χ0v) is 22.3. The van der Waals surface area contributed by atoms with E-state index in [1.165, 1.54) is 34.6 Å². The molecule has 0 spiro atoms. The molecule has 1 amide bonds. The summed E-state index contributed by atoms with van der Waals surface area (Å²) in [6.45, 7) is 6.70. The number of carbonyl (C=O) groups is 1. The third-order valence-electron chi connectivity index (χ3n) is 5.86. The first-order valence-electron chi connectivity index (χ1n) is 11.8. The van der Waals surface area contributed by atoms with Gasteiger partial charge in [-0.05, 0) is 38.5 Å². The molecule has 37 heavy (non-hydrogen) atoms. The molecule has 2 atom stereocenters. The number of halogens is 2. The summed E-state index contributed by atoms with van der Waals surface area (Å²) in [5.74, 6) is -1.55. The number of aromatic nitrogens is 3. The van der Waals surface area contributed by atoms with Gasteiger partial charge in [0, 0.05) is 19.2 Å². The molecule has 0 bridgehead atoms. The molecule has 4 rings (SSSR count). The van der Waals surface area contributed by atoms with E-state index in [0.717, 1.165) is 5.56 Å². The molecule has 3 aromatic rings. The van der Waals surface area contributed by atoms with E-state index in [0.29, 0.717) is 29.6 Å². The van der Waals surface area contributed by atoms with Gasteiger partial charge in [-0.25, -0.2) is 4.39 Å². The van der Waals surface area contributed by atoms with Crippen LogP contribution in [0.5, 0.6) is 5.75 Å². The number of fused-ring (bicyclic) bond motifs is 1. The zero-order chi connectivity index (χ0) is 26.7. The van der Waals surface area contributed by atoms with Crippen LogP contribution in [0.4, 0.5) is 4.39 Å². The summed E-state index contributed by atoms with van der Waals surface area (Å²) < 4.78 is 26.1. The molecule has 0 fully saturated rings. The summed E-state index contributed by atoms with van der Waals surface area (Å²) >= 11 is 7.43. The average Bonchev–Trinajstić information content (AvgIpc) is 3.31. The van der Waals surface area contributed by atoms with E-state index >= 15 is 0 Å². The number of hydrogen-bond acceptors (Lipinski definition) is 8. The van der Waals surface area contributed by atoms with Crippen LogP contribution < -0.4 is 5.43 Å². The second kappa shape index (κ2) is 11.7. The van der Waals surface area contributed by atoms with Crippen LogP contribution in [-0.2, 0) is 15.9 Å². The van der Waals surface area contributed by atoms with E-state index in [1.807, 2.05) is 13.8 Å². The monoisotopic (exact) mass is 550 g/mol. The lowest BCUT2D eigenvalue weighted by atomic mass is 10.1. The van der Waals surface area contributed by atoms with E-state index in [2.05, 4.69) is 10.2 Å². The Balaban J connectivity index is 1.64. The van der Waals surface area contributed by atoms with Gasteiger partial charge in [-0.1, -0.05) is 35.1 Å². The Hall–Kier alpha value is -2.86. The molecule has 1 unspecified atom stereocenters. The minimum atomic E-state index is -0.724. The first-order chi connectivity index (χ1) is 17.7. The van der Waals surface area contributed by atoms with E-state index in [1.54, 1.807) is 23.6 Å². The SMILES string of the molecule is CC(C)OCCOC[C@H]1CN(C(C)Cl)C(=O)c2c(O)c(=O)c(-c3nnc(Cc4ccc(F)cc4)s3)cn21. The van der Waals surface area contributed by atoms with E-state index in [-0.39, 0.29) is 36.3 Å². The van der Waals surface area contributed by atoms with Crippen molar-refractivity contribution in [2.24, 2.45) is 0 Å². The minimum absolute atomic E-state index is 0.0772. The molecule has 1 aliphatic heterocycles. The van der Waals surface area contributed by atoms with Crippen LogP contribution in [0.2, 0.25) is 0 Å². The number of alkyl halides is 1. The quantitative estimate of drug-likeness (QED) is 0.232.